The molecule has 142 valence electrons. The summed E-state index contributed by atoms with van der Waals surface area (Å²) in [6.07, 6.45) is 1.47. The lowest BCUT2D eigenvalue weighted by Crippen LogP contribution is -2.34. The third-order valence-electron chi connectivity index (χ3n) is 3.42. The first kappa shape index (κ1) is 20.4. The molecule has 2 rings (SSSR count). The fourth-order valence-electron chi connectivity index (χ4n) is 2.15. The van der Waals surface area contributed by atoms with Crippen molar-refractivity contribution in [1.82, 2.24) is 10.7 Å². The van der Waals surface area contributed by atoms with E-state index in [0.717, 1.165) is 4.47 Å². The molecule has 0 radical (unpaired) electrons. The number of rotatable bonds is 8. The third-order valence-corrected chi connectivity index (χ3v) is 3.91. The van der Waals surface area contributed by atoms with Gasteiger partial charge in [0, 0.05) is 15.6 Å². The Morgan fingerprint density at radius 3 is 2.59 bits per heavy atom. The van der Waals surface area contributed by atoms with Crippen LogP contribution in [0.3, 0.4) is 0 Å². The summed E-state index contributed by atoms with van der Waals surface area (Å²) in [6.45, 7) is 2.24. The Balaban J connectivity index is 1.83. The van der Waals surface area contributed by atoms with Crippen LogP contribution in [0, 0.1) is 0 Å². The van der Waals surface area contributed by atoms with Gasteiger partial charge in [-0.05, 0) is 49.4 Å². The van der Waals surface area contributed by atoms with Gasteiger partial charge in [0.05, 0.1) is 26.5 Å². The van der Waals surface area contributed by atoms with Gasteiger partial charge in [-0.1, -0.05) is 15.9 Å². The van der Waals surface area contributed by atoms with Crippen LogP contribution in [-0.4, -0.2) is 38.3 Å². The molecule has 0 unspecified atom stereocenters. The molecule has 2 aromatic rings. The highest BCUT2D eigenvalue weighted by molar-refractivity contribution is 9.10. The Morgan fingerprint density at radius 1 is 1.19 bits per heavy atom. The maximum absolute atomic E-state index is 12.0. The molecule has 0 aliphatic rings. The molecule has 0 bridgehead atoms. The zero-order chi connectivity index (χ0) is 19.6. The highest BCUT2D eigenvalue weighted by Crippen LogP contribution is 2.21. The van der Waals surface area contributed by atoms with E-state index in [1.54, 1.807) is 37.4 Å². The number of benzene rings is 2. The van der Waals surface area contributed by atoms with E-state index in [2.05, 4.69) is 31.8 Å². The van der Waals surface area contributed by atoms with Gasteiger partial charge in [-0.15, -0.1) is 0 Å². The molecule has 0 spiro atoms. The van der Waals surface area contributed by atoms with Crippen molar-refractivity contribution in [1.29, 1.82) is 0 Å². The molecule has 0 fully saturated rings. The van der Waals surface area contributed by atoms with E-state index >= 15 is 0 Å². The molecule has 0 aliphatic heterocycles. The van der Waals surface area contributed by atoms with Crippen LogP contribution in [0.5, 0.6) is 11.5 Å². The number of halogens is 1. The van der Waals surface area contributed by atoms with E-state index < -0.39 is 5.91 Å². The van der Waals surface area contributed by atoms with Gasteiger partial charge >= 0.3 is 0 Å². The summed E-state index contributed by atoms with van der Waals surface area (Å²) in [5.41, 5.74) is 3.50. The molecule has 0 heterocycles. The van der Waals surface area contributed by atoms with Crippen molar-refractivity contribution in [2.24, 2.45) is 5.10 Å². The molecule has 0 saturated heterocycles. The third kappa shape index (κ3) is 6.41. The quantitative estimate of drug-likeness (QED) is 0.494. The average Bonchev–Trinajstić information content (AvgIpc) is 2.67. The molecule has 0 aliphatic carbocycles. The number of hydrogen-bond donors (Lipinski definition) is 2. The van der Waals surface area contributed by atoms with E-state index in [1.807, 2.05) is 19.1 Å². The fraction of sp³-hybridized carbons (Fsp3) is 0.211. The summed E-state index contributed by atoms with van der Waals surface area (Å²) in [6, 6.07) is 12.1. The van der Waals surface area contributed by atoms with Gasteiger partial charge in [0.15, 0.2) is 0 Å². The number of hydrazone groups is 1. The lowest BCUT2D eigenvalue weighted by Gasteiger charge is -2.06. The first-order chi connectivity index (χ1) is 13.0. The molecule has 8 heteroatoms. The second-order valence-corrected chi connectivity index (χ2v) is 6.24. The van der Waals surface area contributed by atoms with Gasteiger partial charge in [0.2, 0.25) is 0 Å². The van der Waals surface area contributed by atoms with Crippen LogP contribution in [0.25, 0.3) is 0 Å². The standard InChI is InChI=1S/C19H20BrN3O4/c1-3-27-16-7-4-13(5-8-16)19(25)21-12-18(24)23-22-11-14-10-15(20)6-9-17(14)26-2/h4-11H,3,12H2,1-2H3,(H,21,25)(H,23,24)/b22-11+. The molecule has 7 nitrogen and oxygen atoms in total. The summed E-state index contributed by atoms with van der Waals surface area (Å²) < 4.78 is 11.4. The minimum Gasteiger partial charge on any atom is -0.496 e. The Morgan fingerprint density at radius 2 is 1.93 bits per heavy atom. The van der Waals surface area contributed by atoms with E-state index in [1.165, 1.54) is 6.21 Å². The minimum absolute atomic E-state index is 0.195. The molecule has 0 atom stereocenters. The number of amides is 2. The molecule has 27 heavy (non-hydrogen) atoms. The number of nitrogens with zero attached hydrogens (tertiary/aromatic N) is 1. The van der Waals surface area contributed by atoms with Crippen molar-refractivity contribution in [2.75, 3.05) is 20.3 Å². The molecular formula is C19H20BrN3O4. The zero-order valence-corrected chi connectivity index (χ0v) is 16.6. The molecule has 2 amide bonds. The Kier molecular flexibility index (Phi) is 7.81. The summed E-state index contributed by atoms with van der Waals surface area (Å²) in [4.78, 5) is 23.9. The summed E-state index contributed by atoms with van der Waals surface area (Å²) in [5, 5.41) is 6.41. The van der Waals surface area contributed by atoms with Crippen molar-refractivity contribution in [3.05, 3.63) is 58.1 Å². The van der Waals surface area contributed by atoms with Gasteiger partial charge in [-0.25, -0.2) is 5.43 Å². The SMILES string of the molecule is CCOc1ccc(C(=O)NCC(=O)N/N=C/c2cc(Br)ccc2OC)cc1. The lowest BCUT2D eigenvalue weighted by atomic mass is 10.2. The number of carbonyl (C=O) groups is 2. The minimum atomic E-state index is -0.445. The Bertz CT molecular complexity index is 822. The summed E-state index contributed by atoms with van der Waals surface area (Å²) >= 11 is 3.36. The molecule has 0 saturated carbocycles. The van der Waals surface area contributed by atoms with Crippen LogP contribution >= 0.6 is 15.9 Å². The van der Waals surface area contributed by atoms with Crippen molar-refractivity contribution < 1.29 is 19.1 Å². The van der Waals surface area contributed by atoms with Gasteiger partial charge in [0.25, 0.3) is 11.8 Å². The largest absolute Gasteiger partial charge is 0.496 e. The Labute approximate surface area is 165 Å². The first-order valence-electron chi connectivity index (χ1n) is 8.20. The molecule has 0 aromatic heterocycles. The normalized spacial score (nSPS) is 10.5. The molecular weight excluding hydrogens is 414 g/mol. The summed E-state index contributed by atoms with van der Waals surface area (Å²) in [5.74, 6) is 0.509. The number of hydrogen-bond acceptors (Lipinski definition) is 5. The summed E-state index contributed by atoms with van der Waals surface area (Å²) in [7, 11) is 1.55. The number of methoxy groups -OCH3 is 1. The predicted octanol–water partition coefficient (Wildman–Crippen LogP) is 2.74. The van der Waals surface area contributed by atoms with Gasteiger partial charge in [0.1, 0.15) is 11.5 Å². The van der Waals surface area contributed by atoms with Gasteiger partial charge in [-0.3, -0.25) is 9.59 Å². The van der Waals surface area contributed by atoms with E-state index in [9.17, 15) is 9.59 Å². The average molecular weight is 434 g/mol. The highest BCUT2D eigenvalue weighted by Gasteiger charge is 2.08. The van der Waals surface area contributed by atoms with Crippen LogP contribution in [0.4, 0.5) is 0 Å². The van der Waals surface area contributed by atoms with E-state index in [4.69, 9.17) is 9.47 Å². The van der Waals surface area contributed by atoms with Crippen molar-refractivity contribution in [3.8, 4) is 11.5 Å². The maximum Gasteiger partial charge on any atom is 0.259 e. The van der Waals surface area contributed by atoms with Crippen molar-refractivity contribution in [2.45, 2.75) is 6.92 Å². The lowest BCUT2D eigenvalue weighted by molar-refractivity contribution is -0.120. The predicted molar refractivity (Wildman–Crippen MR) is 106 cm³/mol. The maximum atomic E-state index is 12.0. The smallest absolute Gasteiger partial charge is 0.259 e. The van der Waals surface area contributed by atoms with Crippen LogP contribution in [0.1, 0.15) is 22.8 Å². The second kappa shape index (κ2) is 10.3. The van der Waals surface area contributed by atoms with Crippen LogP contribution in [0.15, 0.2) is 52.0 Å². The van der Waals surface area contributed by atoms with Crippen molar-refractivity contribution in [3.63, 3.8) is 0 Å². The number of carbonyl (C=O) groups excluding carboxylic acids is 2. The molecule has 2 N–H and O–H groups in total. The fourth-order valence-corrected chi connectivity index (χ4v) is 2.53. The topological polar surface area (TPSA) is 89.0 Å². The van der Waals surface area contributed by atoms with Gasteiger partial charge < -0.3 is 14.8 Å². The number of ether oxygens (including phenoxy) is 2. The monoisotopic (exact) mass is 433 g/mol. The zero-order valence-electron chi connectivity index (χ0n) is 15.0. The van der Waals surface area contributed by atoms with E-state index in [-0.39, 0.29) is 12.5 Å². The first-order valence-corrected chi connectivity index (χ1v) is 8.99. The number of nitrogens with one attached hydrogen (secondary N) is 2. The molecule has 2 aromatic carbocycles. The van der Waals surface area contributed by atoms with Crippen LogP contribution in [0.2, 0.25) is 0 Å². The van der Waals surface area contributed by atoms with Crippen molar-refractivity contribution >= 4 is 34.0 Å². The van der Waals surface area contributed by atoms with E-state index in [0.29, 0.717) is 29.2 Å². The van der Waals surface area contributed by atoms with Gasteiger partial charge in [-0.2, -0.15) is 5.10 Å². The second-order valence-electron chi connectivity index (χ2n) is 5.32. The van der Waals surface area contributed by atoms with Crippen LogP contribution in [-0.2, 0) is 4.79 Å². The highest BCUT2D eigenvalue weighted by atomic mass is 79.9. The van der Waals surface area contributed by atoms with Crippen LogP contribution < -0.4 is 20.2 Å². The Hall–Kier alpha value is -2.87.